The molecule has 8 aromatic rings. The Labute approximate surface area is 360 Å². The van der Waals surface area contributed by atoms with Crippen LogP contribution in [0.25, 0.3) is 0 Å². The van der Waals surface area contributed by atoms with Gasteiger partial charge in [-0.3, -0.25) is 0 Å². The molecule has 0 saturated heterocycles. The van der Waals surface area contributed by atoms with Crippen LogP contribution in [0.4, 0.5) is 0 Å². The van der Waals surface area contributed by atoms with Gasteiger partial charge in [-0.1, -0.05) is 0 Å². The molecular weight excluding hydrogens is 880 g/mol. The number of rotatable bonds is 16. The minimum absolute atomic E-state index is 0.322. The molecule has 0 aliphatic heterocycles. The predicted octanol–water partition coefficient (Wildman–Crippen LogP) is 10.9. The maximum atomic E-state index is 8.86. The van der Waals surface area contributed by atoms with Gasteiger partial charge in [0, 0.05) is 0 Å². The van der Waals surface area contributed by atoms with Gasteiger partial charge in [-0.15, -0.1) is 0 Å². The van der Waals surface area contributed by atoms with Crippen LogP contribution < -0.4 is 42.4 Å². The molecule has 0 N–H and O–H groups in total. The summed E-state index contributed by atoms with van der Waals surface area (Å²) in [6.07, 6.45) is 2.11. The van der Waals surface area contributed by atoms with Gasteiger partial charge in [0.1, 0.15) is 0 Å². The molecule has 0 bridgehead atoms. The van der Waals surface area contributed by atoms with E-state index in [2.05, 4.69) is 243 Å². The van der Waals surface area contributed by atoms with Crippen molar-refractivity contribution in [1.82, 2.24) is 0 Å². The Morgan fingerprint density at radius 2 is 0.448 bits per heavy atom. The van der Waals surface area contributed by atoms with Gasteiger partial charge in [-0.05, 0) is 0 Å². The topological polar surface area (TPSA) is 0 Å². The van der Waals surface area contributed by atoms with Gasteiger partial charge in [0.2, 0.25) is 0 Å². The number of halogens is 1. The molecule has 287 valence electrons. The molecule has 0 aromatic heterocycles. The van der Waals surface area contributed by atoms with Crippen LogP contribution in [-0.4, -0.2) is 20.4 Å². The van der Waals surface area contributed by atoms with Gasteiger partial charge in [-0.25, -0.2) is 0 Å². The third-order valence-corrected chi connectivity index (χ3v) is 35.3. The summed E-state index contributed by atoms with van der Waals surface area (Å²) in [5, 5.41) is 11.4. The molecule has 0 radical (unpaired) electrons. The molecular formula is C52H46ClMoP4. The van der Waals surface area contributed by atoms with Crippen LogP contribution in [0.1, 0.15) is 0 Å². The molecule has 2 atom stereocenters. The molecule has 6 heteroatoms. The van der Waals surface area contributed by atoms with E-state index in [1.165, 1.54) is 42.4 Å². The molecule has 0 amide bonds. The van der Waals surface area contributed by atoms with Crippen LogP contribution in [0.15, 0.2) is 243 Å². The maximum absolute atomic E-state index is 8.86. The van der Waals surface area contributed by atoms with Gasteiger partial charge >= 0.3 is 363 Å². The monoisotopic (exact) mass is 927 g/mol. The number of hydrogen-bond donors (Lipinski definition) is 0. The Kier molecular flexibility index (Phi) is 15.0. The van der Waals surface area contributed by atoms with Crippen molar-refractivity contribution >= 4 is 83.5 Å². The fourth-order valence-electron chi connectivity index (χ4n) is 7.47. The van der Waals surface area contributed by atoms with E-state index >= 15 is 0 Å². The Hall–Kier alpha value is -3.54. The van der Waals surface area contributed by atoms with Gasteiger partial charge in [0.05, 0.1) is 0 Å². The first-order chi connectivity index (χ1) is 28.7. The van der Waals surface area contributed by atoms with Crippen molar-refractivity contribution in [1.29, 1.82) is 0 Å². The van der Waals surface area contributed by atoms with Crippen molar-refractivity contribution in [3.05, 3.63) is 243 Å². The minimum atomic E-state index is -2.74. The van der Waals surface area contributed by atoms with Crippen LogP contribution in [-0.2, 0) is 16.3 Å². The molecule has 58 heavy (non-hydrogen) atoms. The van der Waals surface area contributed by atoms with Gasteiger partial charge < -0.3 is 0 Å². The Morgan fingerprint density at radius 1 is 0.276 bits per heavy atom. The molecule has 8 aromatic carbocycles. The quantitative estimate of drug-likeness (QED) is 0.0669. The fraction of sp³-hybridized carbons (Fsp3) is 0.0769. The first kappa shape index (κ1) is 41.2. The molecule has 0 nitrogen and oxygen atoms in total. The summed E-state index contributed by atoms with van der Waals surface area (Å²) >= 11 is -2.74. The first-order valence-electron chi connectivity index (χ1n) is 19.7. The average molecular weight is 926 g/mol. The molecule has 0 heterocycles. The normalized spacial score (nSPS) is 12.7. The summed E-state index contributed by atoms with van der Waals surface area (Å²) in [6.45, 7) is 0. The average Bonchev–Trinajstić information content (AvgIpc) is 3.31. The molecule has 0 aliphatic rings. The van der Waals surface area contributed by atoms with Crippen LogP contribution in [0.2, 0.25) is 0 Å². The van der Waals surface area contributed by atoms with E-state index in [9.17, 15) is 0 Å². The zero-order valence-electron chi connectivity index (χ0n) is 32.2. The van der Waals surface area contributed by atoms with Gasteiger partial charge in [0.25, 0.3) is 0 Å². The van der Waals surface area contributed by atoms with Crippen molar-refractivity contribution in [3.8, 4) is 0 Å². The molecule has 2 unspecified atom stereocenters. The zero-order valence-corrected chi connectivity index (χ0v) is 38.6. The summed E-state index contributed by atoms with van der Waals surface area (Å²) in [5.74, 6) is 0. The Balaban J connectivity index is 1.37. The Morgan fingerprint density at radius 3 is 0.638 bits per heavy atom. The van der Waals surface area contributed by atoms with E-state index < -0.39 is 48.0 Å². The second-order valence-electron chi connectivity index (χ2n) is 13.9. The van der Waals surface area contributed by atoms with Gasteiger partial charge in [-0.2, -0.15) is 0 Å². The molecule has 0 saturated carbocycles. The zero-order chi connectivity index (χ0) is 39.4. The van der Waals surface area contributed by atoms with Crippen LogP contribution >= 0.6 is 41.1 Å². The second-order valence-corrected chi connectivity index (χ2v) is 31.5. The van der Waals surface area contributed by atoms with Crippen molar-refractivity contribution in [2.75, 3.05) is 12.3 Å². The predicted molar refractivity (Wildman–Crippen MR) is 259 cm³/mol. The van der Waals surface area contributed by atoms with Crippen molar-refractivity contribution in [2.24, 2.45) is 0 Å². The van der Waals surface area contributed by atoms with E-state index in [-0.39, 0.29) is 0 Å². The van der Waals surface area contributed by atoms with E-state index in [1.54, 1.807) is 0 Å². The SMILES string of the molecule is [Cl][Mo]([CH](CP(c1ccccc1)c1ccccc1)P(c1ccccc1)c1ccccc1)[CH](CP(c1ccccc1)c1ccccc1)P(c1ccccc1)c1ccccc1. The van der Waals surface area contributed by atoms with Crippen molar-refractivity contribution < 1.29 is 16.3 Å². The van der Waals surface area contributed by atoms with Crippen molar-refractivity contribution in [3.63, 3.8) is 0 Å². The van der Waals surface area contributed by atoms with Gasteiger partial charge in [0.15, 0.2) is 0 Å². The van der Waals surface area contributed by atoms with E-state index in [1.807, 2.05) is 0 Å². The number of benzene rings is 8. The third-order valence-electron chi connectivity index (χ3n) is 10.2. The summed E-state index contributed by atoms with van der Waals surface area (Å²) in [4.78, 5) is 0. The molecule has 0 aliphatic carbocycles. The second kappa shape index (κ2) is 21.1. The Bertz CT molecular complexity index is 2050. The summed E-state index contributed by atoms with van der Waals surface area (Å²) in [7, 11) is 5.81. The molecule has 8 rings (SSSR count). The number of hydrogen-bond acceptors (Lipinski definition) is 0. The fourth-order valence-corrected chi connectivity index (χ4v) is 37.4. The first-order valence-corrected chi connectivity index (χ1v) is 30.4. The van der Waals surface area contributed by atoms with Crippen LogP contribution in [0.5, 0.6) is 0 Å². The third kappa shape index (κ3) is 10.2. The van der Waals surface area contributed by atoms with Crippen LogP contribution in [0, 0.1) is 0 Å². The standard InChI is InChI=1S/2C26H23P2.ClH.Mo/c2*1-5-13-23(14-6-1)27(24-15-7-2-8-16-24)21-22-28(25-17-9-3-10-18-25)26-19-11-4-12-20-26;;/h2*1-21H,22H2;1H;/q;;;+1/p-1. The van der Waals surface area contributed by atoms with Crippen LogP contribution in [0.3, 0.4) is 0 Å². The van der Waals surface area contributed by atoms with E-state index in [0.717, 1.165) is 12.3 Å². The van der Waals surface area contributed by atoms with E-state index in [0.29, 0.717) is 8.10 Å². The van der Waals surface area contributed by atoms with E-state index in [4.69, 9.17) is 9.42 Å². The summed E-state index contributed by atoms with van der Waals surface area (Å²) in [6, 6.07) is 90.9. The van der Waals surface area contributed by atoms with Crippen molar-refractivity contribution in [2.45, 2.75) is 8.10 Å². The summed E-state index contributed by atoms with van der Waals surface area (Å²) < 4.78 is 0.643. The molecule has 0 fully saturated rings. The molecule has 0 spiro atoms. The summed E-state index contributed by atoms with van der Waals surface area (Å²) in [5.41, 5.74) is 0.